The highest BCUT2D eigenvalue weighted by atomic mass is 16.6. The first-order valence-corrected chi connectivity index (χ1v) is 12.6. The number of nitro groups is 1. The number of nitrogens with zero attached hydrogens (tertiary/aromatic N) is 4. The maximum Gasteiger partial charge on any atom is 0.330 e. The molecular formula is C30H32N4O6. The van der Waals surface area contributed by atoms with Crippen molar-refractivity contribution in [2.45, 2.75) is 0 Å². The molecule has 0 unspecified atom stereocenters. The van der Waals surface area contributed by atoms with Crippen LogP contribution >= 0.6 is 0 Å². The van der Waals surface area contributed by atoms with Gasteiger partial charge in [0.05, 0.1) is 36.1 Å². The molecule has 0 atom stereocenters. The second kappa shape index (κ2) is 16.3. The van der Waals surface area contributed by atoms with E-state index >= 15 is 0 Å². The number of hydrogen-bond donors (Lipinski definition) is 0. The van der Waals surface area contributed by atoms with Gasteiger partial charge in [0.1, 0.15) is 6.61 Å². The Morgan fingerprint density at radius 2 is 1.40 bits per heavy atom. The minimum Gasteiger partial charge on any atom is -0.461 e. The van der Waals surface area contributed by atoms with Crippen LogP contribution in [0.1, 0.15) is 11.1 Å². The smallest absolute Gasteiger partial charge is 0.330 e. The maximum absolute atomic E-state index is 12.2. The fourth-order valence-corrected chi connectivity index (χ4v) is 3.53. The third-order valence-corrected chi connectivity index (χ3v) is 5.65. The summed E-state index contributed by atoms with van der Waals surface area (Å²) in [6, 6.07) is 21.1. The van der Waals surface area contributed by atoms with Gasteiger partial charge in [-0.15, -0.1) is 0 Å². The van der Waals surface area contributed by atoms with Crippen molar-refractivity contribution < 1.29 is 23.9 Å². The number of methoxy groups -OCH3 is 2. The van der Waals surface area contributed by atoms with Crippen molar-refractivity contribution in [3.8, 4) is 0 Å². The monoisotopic (exact) mass is 544 g/mol. The highest BCUT2D eigenvalue weighted by Gasteiger charge is 2.08. The Labute approximate surface area is 233 Å². The number of esters is 1. The topological polar surface area (TPSA) is 116 Å². The van der Waals surface area contributed by atoms with Crippen molar-refractivity contribution in [3.63, 3.8) is 0 Å². The lowest BCUT2D eigenvalue weighted by Gasteiger charge is -2.24. The summed E-state index contributed by atoms with van der Waals surface area (Å²) in [5.41, 5.74) is 4.00. The molecule has 0 aromatic heterocycles. The van der Waals surface area contributed by atoms with E-state index in [0.29, 0.717) is 37.7 Å². The molecule has 0 aliphatic carbocycles. The van der Waals surface area contributed by atoms with E-state index in [0.717, 1.165) is 16.8 Å². The molecule has 0 fully saturated rings. The van der Waals surface area contributed by atoms with Gasteiger partial charge in [-0.05, 0) is 53.6 Å². The van der Waals surface area contributed by atoms with E-state index in [4.69, 9.17) is 14.2 Å². The van der Waals surface area contributed by atoms with Crippen LogP contribution in [0, 0.1) is 10.1 Å². The van der Waals surface area contributed by atoms with Crippen molar-refractivity contribution in [2.24, 2.45) is 10.2 Å². The standard InChI is InChI=1S/C30H32N4O6/c1-38-21-3-4-24-5-7-25(8-6-24)9-18-30(35)40-23-20-33(19-22-39-2)28-14-10-26(11-15-28)31-32-27-12-16-29(17-13-27)34(36)37/h3-18H,19-23H2,1-2H3/b4-3+,18-9+,32-31?. The van der Waals surface area contributed by atoms with E-state index in [1.807, 2.05) is 65.6 Å². The van der Waals surface area contributed by atoms with E-state index in [9.17, 15) is 14.9 Å². The van der Waals surface area contributed by atoms with Gasteiger partial charge in [0.25, 0.3) is 5.69 Å². The first-order valence-electron chi connectivity index (χ1n) is 12.6. The average Bonchev–Trinajstić information content (AvgIpc) is 2.98. The zero-order valence-electron chi connectivity index (χ0n) is 22.5. The number of rotatable bonds is 15. The zero-order valence-corrected chi connectivity index (χ0v) is 22.5. The summed E-state index contributed by atoms with van der Waals surface area (Å²) < 4.78 is 15.6. The number of non-ortho nitro benzene ring substituents is 1. The number of carbonyl (C=O) groups is 1. The van der Waals surface area contributed by atoms with E-state index in [1.165, 1.54) is 30.3 Å². The van der Waals surface area contributed by atoms with Crippen molar-refractivity contribution >= 4 is 40.9 Å². The minimum absolute atomic E-state index is 0.00152. The molecule has 208 valence electrons. The van der Waals surface area contributed by atoms with E-state index in [1.54, 1.807) is 20.3 Å². The first kappa shape index (κ1) is 29.9. The van der Waals surface area contributed by atoms with Gasteiger partial charge < -0.3 is 19.1 Å². The van der Waals surface area contributed by atoms with Gasteiger partial charge >= 0.3 is 5.97 Å². The first-order chi connectivity index (χ1) is 19.5. The molecule has 0 aliphatic rings. The van der Waals surface area contributed by atoms with Crippen LogP contribution in [0.15, 0.2) is 95.2 Å². The molecule has 40 heavy (non-hydrogen) atoms. The van der Waals surface area contributed by atoms with Gasteiger partial charge in [0, 0.05) is 44.7 Å². The van der Waals surface area contributed by atoms with E-state index in [2.05, 4.69) is 10.2 Å². The van der Waals surface area contributed by atoms with Gasteiger partial charge in [-0.3, -0.25) is 10.1 Å². The molecule has 0 saturated heterocycles. The molecule has 0 bridgehead atoms. The van der Waals surface area contributed by atoms with Crippen LogP contribution in [-0.2, 0) is 19.0 Å². The molecule has 0 heterocycles. The van der Waals surface area contributed by atoms with Crippen LogP contribution in [0.5, 0.6) is 0 Å². The predicted octanol–water partition coefficient (Wildman–Crippen LogP) is 6.38. The Morgan fingerprint density at radius 3 is 1.98 bits per heavy atom. The quantitative estimate of drug-likeness (QED) is 0.0717. The van der Waals surface area contributed by atoms with E-state index in [-0.39, 0.29) is 12.3 Å². The van der Waals surface area contributed by atoms with Gasteiger partial charge in [-0.1, -0.05) is 36.4 Å². The number of carbonyl (C=O) groups excluding carboxylic acids is 1. The SMILES string of the molecule is COC/C=C/c1ccc(/C=C/C(=O)OCCN(CCOC)c2ccc(N=Nc3ccc([N+](=O)[O-])cc3)cc2)cc1. The van der Waals surface area contributed by atoms with Gasteiger partial charge in [0.2, 0.25) is 0 Å². The Bertz CT molecular complexity index is 1300. The summed E-state index contributed by atoms with van der Waals surface area (Å²) in [5.74, 6) is -0.419. The summed E-state index contributed by atoms with van der Waals surface area (Å²) in [7, 11) is 3.28. The molecule has 0 saturated carbocycles. The summed E-state index contributed by atoms with van der Waals surface area (Å²) in [6.45, 7) is 2.36. The van der Waals surface area contributed by atoms with Gasteiger partial charge in [-0.25, -0.2) is 4.79 Å². The summed E-state index contributed by atoms with van der Waals surface area (Å²) in [4.78, 5) is 24.6. The van der Waals surface area contributed by atoms with Gasteiger partial charge in [-0.2, -0.15) is 10.2 Å². The Balaban J connectivity index is 1.51. The zero-order chi connectivity index (χ0) is 28.6. The average molecular weight is 545 g/mol. The number of azo groups is 1. The molecule has 0 spiro atoms. The fourth-order valence-electron chi connectivity index (χ4n) is 3.53. The molecule has 3 aromatic carbocycles. The lowest BCUT2D eigenvalue weighted by atomic mass is 10.1. The Kier molecular flexibility index (Phi) is 12.2. The molecular weight excluding hydrogens is 512 g/mol. The molecule has 0 N–H and O–H groups in total. The summed E-state index contributed by atoms with van der Waals surface area (Å²) in [6.07, 6.45) is 7.04. The Morgan fingerprint density at radius 1 is 0.825 bits per heavy atom. The molecule has 0 radical (unpaired) electrons. The van der Waals surface area contributed by atoms with E-state index < -0.39 is 10.9 Å². The second-order valence-corrected chi connectivity index (χ2v) is 8.49. The summed E-state index contributed by atoms with van der Waals surface area (Å²) in [5, 5.41) is 19.1. The molecule has 0 amide bonds. The van der Waals surface area contributed by atoms with Crippen LogP contribution < -0.4 is 4.90 Å². The number of anilines is 1. The lowest BCUT2D eigenvalue weighted by molar-refractivity contribution is -0.384. The van der Waals surface area contributed by atoms with Crippen LogP contribution in [0.25, 0.3) is 12.2 Å². The normalized spacial score (nSPS) is 11.4. The van der Waals surface area contributed by atoms with Crippen LogP contribution in [0.4, 0.5) is 22.7 Å². The molecule has 10 nitrogen and oxygen atoms in total. The number of ether oxygens (including phenoxy) is 3. The third-order valence-electron chi connectivity index (χ3n) is 5.65. The van der Waals surface area contributed by atoms with Crippen molar-refractivity contribution in [2.75, 3.05) is 52.0 Å². The fraction of sp³-hybridized carbons (Fsp3) is 0.233. The number of nitro benzene ring substituents is 1. The Hall–Kier alpha value is -4.67. The van der Waals surface area contributed by atoms with Crippen molar-refractivity contribution in [3.05, 3.63) is 106 Å². The maximum atomic E-state index is 12.2. The minimum atomic E-state index is -0.462. The van der Waals surface area contributed by atoms with Crippen molar-refractivity contribution in [1.29, 1.82) is 0 Å². The van der Waals surface area contributed by atoms with Crippen LogP contribution in [0.2, 0.25) is 0 Å². The largest absolute Gasteiger partial charge is 0.461 e. The second-order valence-electron chi connectivity index (χ2n) is 8.49. The number of hydrogen-bond acceptors (Lipinski definition) is 9. The van der Waals surface area contributed by atoms with Crippen molar-refractivity contribution in [1.82, 2.24) is 0 Å². The van der Waals surface area contributed by atoms with Crippen LogP contribution in [0.3, 0.4) is 0 Å². The van der Waals surface area contributed by atoms with Crippen LogP contribution in [-0.4, -0.2) is 58.0 Å². The molecule has 0 aliphatic heterocycles. The molecule has 3 rings (SSSR count). The lowest BCUT2D eigenvalue weighted by Crippen LogP contribution is -2.31. The number of benzene rings is 3. The third kappa shape index (κ3) is 10.2. The highest BCUT2D eigenvalue weighted by Crippen LogP contribution is 2.23. The molecule has 10 heteroatoms. The highest BCUT2D eigenvalue weighted by molar-refractivity contribution is 5.87. The predicted molar refractivity (Wildman–Crippen MR) is 155 cm³/mol. The van der Waals surface area contributed by atoms with Gasteiger partial charge in [0.15, 0.2) is 0 Å². The molecule has 3 aromatic rings. The summed E-state index contributed by atoms with van der Waals surface area (Å²) >= 11 is 0.